The second kappa shape index (κ2) is 8.05. The molecule has 80 valence electrons. The average Bonchev–Trinajstić information content (AvgIpc) is 2.92. The van der Waals surface area contributed by atoms with Gasteiger partial charge in [-0.2, -0.15) is 0 Å². The largest absolute Gasteiger partial charge is 0.412 e. The van der Waals surface area contributed by atoms with Crippen molar-refractivity contribution in [3.05, 3.63) is 44.8 Å². The molecule has 0 atom stereocenters. The van der Waals surface area contributed by atoms with Crippen LogP contribution in [0, 0.1) is 0 Å². The zero-order valence-corrected chi connectivity index (χ0v) is 9.38. The van der Waals surface area contributed by atoms with Gasteiger partial charge in [-0.25, -0.2) is 0 Å². The van der Waals surface area contributed by atoms with Crippen LogP contribution in [0.15, 0.2) is 35.0 Å². The molecular weight excluding hydrogens is 232 g/mol. The van der Waals surface area contributed by atoms with Crippen LogP contribution < -0.4 is 0 Å². The van der Waals surface area contributed by atoms with E-state index in [1.54, 1.807) is 12.1 Å². The summed E-state index contributed by atoms with van der Waals surface area (Å²) < 4.78 is 0. The maximum atomic E-state index is 9.88. The van der Waals surface area contributed by atoms with E-state index in [1.165, 1.54) is 22.7 Å². The molecule has 2 aromatic rings. The molecule has 0 aliphatic heterocycles. The molecule has 0 aromatic carbocycles. The van der Waals surface area contributed by atoms with Crippen LogP contribution in [-0.2, 0) is 0 Å². The summed E-state index contributed by atoms with van der Waals surface area (Å²) in [4.78, 5) is 21.3. The van der Waals surface area contributed by atoms with Crippen molar-refractivity contribution >= 4 is 35.2 Å². The van der Waals surface area contributed by atoms with Crippen LogP contribution in [0.3, 0.4) is 0 Å². The molecule has 5 heteroatoms. The third-order valence-electron chi connectivity index (χ3n) is 1.32. The number of hydrogen-bond donors (Lipinski definition) is 0. The fourth-order valence-electron chi connectivity index (χ4n) is 0.717. The summed E-state index contributed by atoms with van der Waals surface area (Å²) in [7, 11) is 0. The van der Waals surface area contributed by atoms with Crippen LogP contribution in [0.25, 0.3) is 0 Å². The van der Waals surface area contributed by atoms with Crippen LogP contribution in [-0.4, -0.2) is 18.0 Å². The van der Waals surface area contributed by atoms with Crippen LogP contribution in [0.4, 0.5) is 0 Å². The standard InChI is InChI=1S/2C5H4OS.H2O/c2*6-4-5-2-1-3-7-5;/h2*1-4H;1H2. The van der Waals surface area contributed by atoms with Crippen molar-refractivity contribution in [2.45, 2.75) is 0 Å². The summed E-state index contributed by atoms with van der Waals surface area (Å²) in [5.41, 5.74) is 0. The van der Waals surface area contributed by atoms with Gasteiger partial charge in [0, 0.05) is 0 Å². The maximum absolute atomic E-state index is 9.88. The second-order valence-corrected chi connectivity index (χ2v) is 4.23. The first-order valence-corrected chi connectivity index (χ1v) is 5.60. The first-order valence-electron chi connectivity index (χ1n) is 3.84. The number of carbonyl (C=O) groups is 2. The lowest BCUT2D eigenvalue weighted by molar-refractivity contribution is 0.111. The number of carbonyl (C=O) groups excluding carboxylic acids is 2. The van der Waals surface area contributed by atoms with E-state index < -0.39 is 0 Å². The summed E-state index contributed by atoms with van der Waals surface area (Å²) >= 11 is 2.91. The van der Waals surface area contributed by atoms with E-state index >= 15 is 0 Å². The van der Waals surface area contributed by atoms with Crippen molar-refractivity contribution in [3.63, 3.8) is 0 Å². The highest BCUT2D eigenvalue weighted by Crippen LogP contribution is 2.03. The first kappa shape index (κ1) is 13.7. The molecule has 0 aliphatic carbocycles. The molecule has 0 radical (unpaired) electrons. The number of rotatable bonds is 2. The van der Waals surface area contributed by atoms with E-state index in [9.17, 15) is 9.59 Å². The molecular formula is C10H10O3S2. The number of thiophene rings is 2. The second-order valence-electron chi connectivity index (χ2n) is 2.27. The minimum absolute atomic E-state index is 0. The Morgan fingerprint density at radius 2 is 1.27 bits per heavy atom. The number of hydrogen-bond acceptors (Lipinski definition) is 4. The van der Waals surface area contributed by atoms with Gasteiger partial charge < -0.3 is 5.48 Å². The smallest absolute Gasteiger partial charge is 0.159 e. The molecule has 0 amide bonds. The van der Waals surface area contributed by atoms with Crippen molar-refractivity contribution in [1.29, 1.82) is 0 Å². The molecule has 0 unspecified atom stereocenters. The van der Waals surface area contributed by atoms with Crippen LogP contribution in [0.1, 0.15) is 19.3 Å². The Morgan fingerprint density at radius 1 is 0.867 bits per heavy atom. The van der Waals surface area contributed by atoms with Gasteiger partial charge in [-0.15, -0.1) is 22.7 Å². The van der Waals surface area contributed by atoms with E-state index in [0.29, 0.717) is 0 Å². The Kier molecular flexibility index (Phi) is 7.35. The quantitative estimate of drug-likeness (QED) is 0.758. The molecule has 0 spiro atoms. The van der Waals surface area contributed by atoms with Crippen molar-refractivity contribution < 1.29 is 15.1 Å². The lowest BCUT2D eigenvalue weighted by Gasteiger charge is -1.66. The lowest BCUT2D eigenvalue weighted by atomic mass is 10.5. The highest BCUT2D eigenvalue weighted by atomic mass is 32.1. The van der Waals surface area contributed by atoms with Crippen LogP contribution >= 0.6 is 22.7 Å². The maximum Gasteiger partial charge on any atom is 0.159 e. The van der Waals surface area contributed by atoms with Gasteiger partial charge in [-0.1, -0.05) is 12.1 Å². The molecule has 0 saturated heterocycles. The Balaban J connectivity index is 0.000000245. The summed E-state index contributed by atoms with van der Waals surface area (Å²) in [6.07, 6.45) is 1.70. The van der Waals surface area contributed by atoms with Gasteiger partial charge in [-0.3, -0.25) is 9.59 Å². The first-order chi connectivity index (χ1) is 6.86. The van der Waals surface area contributed by atoms with Crippen LogP contribution in [0.5, 0.6) is 0 Å². The molecule has 2 rings (SSSR count). The zero-order chi connectivity index (χ0) is 10.2. The predicted molar refractivity (Wildman–Crippen MR) is 63.0 cm³/mol. The van der Waals surface area contributed by atoms with Gasteiger partial charge in [0.05, 0.1) is 9.75 Å². The molecule has 0 bridgehead atoms. The van der Waals surface area contributed by atoms with Gasteiger partial charge >= 0.3 is 0 Å². The molecule has 3 nitrogen and oxygen atoms in total. The predicted octanol–water partition coefficient (Wildman–Crippen LogP) is 2.30. The summed E-state index contributed by atoms with van der Waals surface area (Å²) in [5, 5.41) is 3.76. The highest BCUT2D eigenvalue weighted by Gasteiger charge is 1.83. The van der Waals surface area contributed by atoms with E-state index in [0.717, 1.165) is 22.3 Å². The third-order valence-corrected chi connectivity index (χ3v) is 2.91. The summed E-state index contributed by atoms with van der Waals surface area (Å²) in [6, 6.07) is 7.29. The number of aldehydes is 2. The van der Waals surface area contributed by atoms with E-state index in [2.05, 4.69) is 0 Å². The van der Waals surface area contributed by atoms with Crippen molar-refractivity contribution in [2.75, 3.05) is 0 Å². The fraction of sp³-hybridized carbons (Fsp3) is 0. The van der Waals surface area contributed by atoms with Gasteiger partial charge in [-0.05, 0) is 22.9 Å². The van der Waals surface area contributed by atoms with Gasteiger partial charge in [0.25, 0.3) is 0 Å². The SMILES string of the molecule is O.O=Cc1cccs1.O=Cc1cccs1. The molecule has 2 N–H and O–H groups in total. The van der Waals surface area contributed by atoms with Crippen molar-refractivity contribution in [2.24, 2.45) is 0 Å². The Bertz CT molecular complexity index is 327. The molecule has 0 fully saturated rings. The molecule has 2 aromatic heterocycles. The fourth-order valence-corrected chi connectivity index (χ4v) is 1.77. The molecule has 0 saturated carbocycles. The van der Waals surface area contributed by atoms with E-state index in [-0.39, 0.29) is 5.48 Å². The van der Waals surface area contributed by atoms with E-state index in [1.807, 2.05) is 22.9 Å². The topological polar surface area (TPSA) is 65.6 Å². The Hall–Kier alpha value is -1.30. The third kappa shape index (κ3) is 5.21. The average molecular weight is 242 g/mol. The molecule has 2 heterocycles. The monoisotopic (exact) mass is 242 g/mol. The molecule has 0 aliphatic rings. The van der Waals surface area contributed by atoms with Gasteiger partial charge in [0.15, 0.2) is 12.6 Å². The zero-order valence-electron chi connectivity index (χ0n) is 7.75. The van der Waals surface area contributed by atoms with Gasteiger partial charge in [0.2, 0.25) is 0 Å². The lowest BCUT2D eigenvalue weighted by Crippen LogP contribution is -1.61. The highest BCUT2D eigenvalue weighted by molar-refractivity contribution is 7.11. The summed E-state index contributed by atoms with van der Waals surface area (Å²) in [5.74, 6) is 0. The minimum Gasteiger partial charge on any atom is -0.412 e. The normalized spacial score (nSPS) is 8.00. The van der Waals surface area contributed by atoms with E-state index in [4.69, 9.17) is 0 Å². The summed E-state index contributed by atoms with van der Waals surface area (Å²) in [6.45, 7) is 0. The molecule has 15 heavy (non-hydrogen) atoms. The minimum atomic E-state index is 0. The van der Waals surface area contributed by atoms with Crippen molar-refractivity contribution in [1.82, 2.24) is 0 Å². The van der Waals surface area contributed by atoms with Crippen LogP contribution in [0.2, 0.25) is 0 Å². The Morgan fingerprint density at radius 3 is 1.40 bits per heavy atom. The Labute approximate surface area is 95.3 Å². The van der Waals surface area contributed by atoms with Crippen molar-refractivity contribution in [3.8, 4) is 0 Å². The van der Waals surface area contributed by atoms with Gasteiger partial charge in [0.1, 0.15) is 0 Å².